The highest BCUT2D eigenvalue weighted by atomic mass is 31.2. The Balaban J connectivity index is 2.14. The van der Waals surface area contributed by atoms with Crippen LogP contribution >= 0.6 is 7.60 Å². The number of carbonyl (C=O) groups excluding carboxylic acids is 2. The average molecular weight is 493 g/mol. The van der Waals surface area contributed by atoms with Crippen LogP contribution in [0.4, 0.5) is 0 Å². The molecule has 186 valence electrons. The number of nitrogens with one attached hydrogen (secondary N) is 1. The number of rotatable bonds is 12. The summed E-state index contributed by atoms with van der Waals surface area (Å²) in [7, 11) is -3.56. The number of nitrogens with zero attached hydrogens (tertiary/aromatic N) is 1. The van der Waals surface area contributed by atoms with Crippen LogP contribution in [0.1, 0.15) is 45.7 Å². The Morgan fingerprint density at radius 2 is 1.62 bits per heavy atom. The van der Waals surface area contributed by atoms with Gasteiger partial charge in [-0.15, -0.1) is 0 Å². The maximum atomic E-state index is 13.1. The van der Waals surface area contributed by atoms with Crippen molar-refractivity contribution in [1.29, 1.82) is 0 Å². The number of pyridine rings is 1. The average Bonchev–Trinajstić information content (AvgIpc) is 2.72. The highest BCUT2D eigenvalue weighted by Gasteiger charge is 2.29. The zero-order chi connectivity index (χ0) is 25.3. The van der Waals surface area contributed by atoms with Gasteiger partial charge in [-0.2, -0.15) is 0 Å². The van der Waals surface area contributed by atoms with Crippen LogP contribution in [0.15, 0.2) is 53.5 Å². The summed E-state index contributed by atoms with van der Waals surface area (Å²) in [6.45, 7) is 8.32. The van der Waals surface area contributed by atoms with Gasteiger partial charge in [-0.05, 0) is 44.9 Å². The molecule has 1 N–H and O–H groups in total. The van der Waals surface area contributed by atoms with Crippen LogP contribution in [0.25, 0.3) is 0 Å². The van der Waals surface area contributed by atoms with Crippen LogP contribution in [-0.4, -0.2) is 34.7 Å². The number of carbonyl (C=O) groups is 2. The number of esters is 1. The lowest BCUT2D eigenvalue weighted by atomic mass is 10.1. The topological polar surface area (TPSA) is 113 Å². The molecule has 0 bridgehead atoms. The number of aromatic nitrogens is 1. The van der Waals surface area contributed by atoms with E-state index < -0.39 is 31.1 Å². The SMILES string of the molecule is CC(=O)NC(Cc1ccn(CP(=O)(OC(C)C)OC(C)C)c(=O)c1)C(=O)OCc1ccccc1. The summed E-state index contributed by atoms with van der Waals surface area (Å²) >= 11 is 0. The minimum Gasteiger partial charge on any atom is -0.459 e. The molecule has 1 atom stereocenters. The van der Waals surface area contributed by atoms with Gasteiger partial charge in [0, 0.05) is 25.6 Å². The van der Waals surface area contributed by atoms with E-state index in [1.807, 2.05) is 30.3 Å². The second-order valence-corrected chi connectivity index (χ2v) is 10.4. The van der Waals surface area contributed by atoms with Crippen molar-refractivity contribution in [3.05, 3.63) is 70.1 Å². The molecule has 1 heterocycles. The predicted octanol–water partition coefficient (Wildman–Crippen LogP) is 3.64. The van der Waals surface area contributed by atoms with Crippen LogP contribution < -0.4 is 10.9 Å². The minimum atomic E-state index is -3.56. The van der Waals surface area contributed by atoms with Gasteiger partial charge in [0.1, 0.15) is 18.9 Å². The first-order chi connectivity index (χ1) is 16.0. The molecular weight excluding hydrogens is 459 g/mol. The largest absolute Gasteiger partial charge is 0.459 e. The lowest BCUT2D eigenvalue weighted by Crippen LogP contribution is -2.42. The van der Waals surface area contributed by atoms with E-state index in [1.165, 1.54) is 23.8 Å². The van der Waals surface area contributed by atoms with E-state index in [0.717, 1.165) is 5.56 Å². The highest BCUT2D eigenvalue weighted by molar-refractivity contribution is 7.52. The van der Waals surface area contributed by atoms with Gasteiger partial charge in [-0.25, -0.2) is 4.79 Å². The van der Waals surface area contributed by atoms with Crippen molar-refractivity contribution in [3.63, 3.8) is 0 Å². The van der Waals surface area contributed by atoms with Gasteiger partial charge in [0.05, 0.1) is 12.2 Å². The quantitative estimate of drug-likeness (QED) is 0.356. The summed E-state index contributed by atoms with van der Waals surface area (Å²) in [5.41, 5.74) is 0.898. The maximum absolute atomic E-state index is 13.1. The zero-order valence-electron chi connectivity index (χ0n) is 20.2. The summed E-state index contributed by atoms with van der Waals surface area (Å²) in [6, 6.07) is 11.2. The molecule has 2 aromatic rings. The molecule has 0 saturated heterocycles. The van der Waals surface area contributed by atoms with E-state index in [0.29, 0.717) is 5.56 Å². The van der Waals surface area contributed by atoms with Crippen LogP contribution in [0.2, 0.25) is 0 Å². The molecule has 0 spiro atoms. The zero-order valence-corrected chi connectivity index (χ0v) is 21.1. The molecule has 9 nitrogen and oxygen atoms in total. The molecular formula is C24H33N2O7P. The molecule has 0 aliphatic rings. The third kappa shape index (κ3) is 9.25. The Labute approximate surface area is 200 Å². The first-order valence-electron chi connectivity index (χ1n) is 11.1. The first kappa shape index (κ1) is 27.5. The monoisotopic (exact) mass is 492 g/mol. The lowest BCUT2D eigenvalue weighted by molar-refractivity contribution is -0.149. The van der Waals surface area contributed by atoms with E-state index in [2.05, 4.69) is 5.32 Å². The van der Waals surface area contributed by atoms with E-state index in [9.17, 15) is 18.9 Å². The summed E-state index contributed by atoms with van der Waals surface area (Å²) in [4.78, 5) is 36.9. The fraction of sp³-hybridized carbons (Fsp3) is 0.458. The van der Waals surface area contributed by atoms with Crippen LogP contribution in [-0.2, 0) is 47.3 Å². The summed E-state index contributed by atoms with van der Waals surface area (Å²) in [5.74, 6) is -1.00. The molecule has 0 radical (unpaired) electrons. The van der Waals surface area contributed by atoms with Crippen molar-refractivity contribution in [2.45, 2.75) is 72.2 Å². The Morgan fingerprint density at radius 1 is 1.00 bits per heavy atom. The third-order valence-electron chi connectivity index (χ3n) is 4.45. The Morgan fingerprint density at radius 3 is 2.15 bits per heavy atom. The van der Waals surface area contributed by atoms with Crippen molar-refractivity contribution >= 4 is 19.5 Å². The van der Waals surface area contributed by atoms with Crippen LogP contribution in [0.3, 0.4) is 0 Å². The van der Waals surface area contributed by atoms with Gasteiger partial charge in [-0.3, -0.25) is 14.2 Å². The Bertz CT molecular complexity index is 1050. The lowest BCUT2D eigenvalue weighted by Gasteiger charge is -2.23. The number of benzene rings is 1. The van der Waals surface area contributed by atoms with Crippen molar-refractivity contribution in [3.8, 4) is 0 Å². The van der Waals surface area contributed by atoms with Crippen molar-refractivity contribution in [2.24, 2.45) is 0 Å². The molecule has 1 aromatic heterocycles. The molecule has 1 amide bonds. The molecule has 0 aliphatic carbocycles. The first-order valence-corrected chi connectivity index (χ1v) is 12.8. The molecule has 0 aliphatic heterocycles. The van der Waals surface area contributed by atoms with Gasteiger partial charge >= 0.3 is 13.6 Å². The smallest absolute Gasteiger partial charge is 0.350 e. The van der Waals surface area contributed by atoms with Gasteiger partial charge in [-0.1, -0.05) is 30.3 Å². The van der Waals surface area contributed by atoms with Gasteiger partial charge in [0.25, 0.3) is 5.56 Å². The number of hydrogen-bond donors (Lipinski definition) is 1. The summed E-state index contributed by atoms with van der Waals surface area (Å²) < 4.78 is 30.7. The Kier molecular flexibility index (Phi) is 10.2. The summed E-state index contributed by atoms with van der Waals surface area (Å²) in [6.07, 6.45) is 0.597. The molecule has 34 heavy (non-hydrogen) atoms. The Hall–Kier alpha value is -2.74. The van der Waals surface area contributed by atoms with Crippen molar-refractivity contribution in [2.75, 3.05) is 0 Å². The second-order valence-electron chi connectivity index (χ2n) is 8.45. The van der Waals surface area contributed by atoms with Gasteiger partial charge < -0.3 is 23.7 Å². The maximum Gasteiger partial charge on any atom is 0.350 e. The van der Waals surface area contributed by atoms with Crippen molar-refractivity contribution in [1.82, 2.24) is 9.88 Å². The van der Waals surface area contributed by atoms with Crippen molar-refractivity contribution < 1.29 is 27.9 Å². The van der Waals surface area contributed by atoms with Gasteiger partial charge in [0.15, 0.2) is 0 Å². The minimum absolute atomic E-state index is 0.0614. The highest BCUT2D eigenvalue weighted by Crippen LogP contribution is 2.51. The predicted molar refractivity (Wildman–Crippen MR) is 128 cm³/mol. The number of ether oxygens (including phenoxy) is 1. The molecule has 10 heteroatoms. The standard InChI is InChI=1S/C24H33N2O7P/c1-17(2)32-34(30,33-18(3)4)16-26-12-11-21(14-23(26)28)13-22(25-19(5)27)24(29)31-15-20-9-7-6-8-10-20/h6-12,14,17-18,22H,13,15-16H2,1-5H3,(H,25,27). The van der Waals surface area contributed by atoms with E-state index in [-0.39, 0.29) is 31.5 Å². The van der Waals surface area contributed by atoms with E-state index in [1.54, 1.807) is 33.8 Å². The van der Waals surface area contributed by atoms with E-state index >= 15 is 0 Å². The normalized spacial score (nSPS) is 12.6. The molecule has 0 saturated carbocycles. The molecule has 0 fully saturated rings. The number of amides is 1. The van der Waals surface area contributed by atoms with Gasteiger partial charge in [0.2, 0.25) is 5.91 Å². The van der Waals surface area contributed by atoms with Crippen LogP contribution in [0.5, 0.6) is 0 Å². The summed E-state index contributed by atoms with van der Waals surface area (Å²) in [5, 5.41) is 2.57. The second kappa shape index (κ2) is 12.6. The molecule has 2 rings (SSSR count). The van der Waals surface area contributed by atoms with Crippen LogP contribution in [0, 0.1) is 0 Å². The molecule has 1 unspecified atom stereocenters. The third-order valence-corrected chi connectivity index (χ3v) is 6.59. The fourth-order valence-electron chi connectivity index (χ4n) is 3.22. The fourth-order valence-corrected chi connectivity index (χ4v) is 5.29. The molecule has 1 aromatic carbocycles. The van der Waals surface area contributed by atoms with E-state index in [4.69, 9.17) is 13.8 Å². The number of hydrogen-bond acceptors (Lipinski definition) is 7.